The van der Waals surface area contributed by atoms with E-state index >= 15 is 0 Å². The van der Waals surface area contributed by atoms with Gasteiger partial charge < -0.3 is 10.4 Å². The molecule has 20 heavy (non-hydrogen) atoms. The monoisotopic (exact) mass is 274 g/mol. The second-order valence-corrected chi connectivity index (χ2v) is 5.90. The molecular weight excluding hydrogens is 252 g/mol. The number of carbonyl (C=O) groups is 1. The summed E-state index contributed by atoms with van der Waals surface area (Å²) in [5.74, 6) is 0.496. The van der Waals surface area contributed by atoms with Crippen LogP contribution in [0.1, 0.15) is 31.2 Å². The molecule has 0 aliphatic carbocycles. The van der Waals surface area contributed by atoms with Crippen molar-refractivity contribution in [1.82, 2.24) is 10.2 Å². The number of nitrogens with zero attached hydrogens (tertiary/aromatic N) is 1. The quantitative estimate of drug-likeness (QED) is 0.878. The summed E-state index contributed by atoms with van der Waals surface area (Å²) in [6.45, 7) is 2.82. The van der Waals surface area contributed by atoms with Crippen LogP contribution in [0.3, 0.4) is 0 Å². The first-order valence-electron chi connectivity index (χ1n) is 7.52. The maximum absolute atomic E-state index is 12.5. The molecule has 0 bridgehead atoms. The number of phenolic OH excluding ortho intramolecular Hbond substituents is 1. The minimum Gasteiger partial charge on any atom is -0.508 e. The van der Waals surface area contributed by atoms with Crippen LogP contribution in [0.25, 0.3) is 0 Å². The molecule has 2 heterocycles. The van der Waals surface area contributed by atoms with Crippen molar-refractivity contribution in [2.45, 2.75) is 37.6 Å². The van der Waals surface area contributed by atoms with E-state index in [1.807, 2.05) is 12.1 Å². The second-order valence-electron chi connectivity index (χ2n) is 5.90. The summed E-state index contributed by atoms with van der Waals surface area (Å²) in [5, 5.41) is 12.3. The Morgan fingerprint density at radius 1 is 1.20 bits per heavy atom. The van der Waals surface area contributed by atoms with Crippen LogP contribution in [0.4, 0.5) is 0 Å². The predicted molar refractivity (Wildman–Crippen MR) is 77.6 cm³/mol. The average molecular weight is 274 g/mol. The molecule has 4 heteroatoms. The summed E-state index contributed by atoms with van der Waals surface area (Å²) in [6.07, 6.45) is 5.12. The van der Waals surface area contributed by atoms with Gasteiger partial charge in [0, 0.05) is 6.54 Å². The van der Waals surface area contributed by atoms with Crippen LogP contribution < -0.4 is 5.32 Å². The van der Waals surface area contributed by atoms with Gasteiger partial charge in [0.25, 0.3) is 0 Å². The van der Waals surface area contributed by atoms with Crippen LogP contribution in [0, 0.1) is 0 Å². The Labute approximate surface area is 119 Å². The molecule has 2 fully saturated rings. The molecule has 108 valence electrons. The van der Waals surface area contributed by atoms with Crippen LogP contribution in [0.2, 0.25) is 0 Å². The standard InChI is InChI=1S/C16H22N2O2/c19-14-5-3-13(4-6-14)7-10-17-15(20)16-8-1-11-18(16)12-2-9-16/h3-6,19H,1-2,7-12H2,(H,17,20). The fourth-order valence-electron chi connectivity index (χ4n) is 3.62. The van der Waals surface area contributed by atoms with Crippen molar-refractivity contribution in [3.8, 4) is 5.75 Å². The molecule has 0 aromatic heterocycles. The minimum absolute atomic E-state index is 0.199. The highest BCUT2D eigenvalue weighted by molar-refractivity contribution is 5.87. The average Bonchev–Trinajstić information content (AvgIpc) is 3.01. The van der Waals surface area contributed by atoms with E-state index in [0.29, 0.717) is 6.54 Å². The van der Waals surface area contributed by atoms with E-state index < -0.39 is 0 Å². The van der Waals surface area contributed by atoms with E-state index in [-0.39, 0.29) is 17.2 Å². The van der Waals surface area contributed by atoms with E-state index in [4.69, 9.17) is 0 Å². The molecule has 2 saturated heterocycles. The highest BCUT2D eigenvalue weighted by Crippen LogP contribution is 2.38. The summed E-state index contributed by atoms with van der Waals surface area (Å²) in [4.78, 5) is 14.9. The van der Waals surface area contributed by atoms with Crippen LogP contribution >= 0.6 is 0 Å². The normalized spacial score (nSPS) is 20.8. The zero-order chi connectivity index (χ0) is 14.0. The number of amides is 1. The number of benzene rings is 1. The Morgan fingerprint density at radius 3 is 2.50 bits per heavy atom. The molecule has 1 aromatic carbocycles. The summed E-state index contributed by atoms with van der Waals surface area (Å²) >= 11 is 0. The van der Waals surface area contributed by atoms with E-state index in [2.05, 4.69) is 10.2 Å². The van der Waals surface area contributed by atoms with Gasteiger partial charge >= 0.3 is 0 Å². The van der Waals surface area contributed by atoms with Gasteiger partial charge in [0.2, 0.25) is 5.91 Å². The van der Waals surface area contributed by atoms with Crippen LogP contribution in [0.5, 0.6) is 5.75 Å². The Kier molecular flexibility index (Phi) is 3.66. The lowest BCUT2D eigenvalue weighted by Crippen LogP contribution is -2.52. The van der Waals surface area contributed by atoms with Gasteiger partial charge in [-0.3, -0.25) is 9.69 Å². The SMILES string of the molecule is O=C(NCCc1ccc(O)cc1)C12CCCN1CCC2. The Morgan fingerprint density at radius 2 is 1.85 bits per heavy atom. The van der Waals surface area contributed by atoms with E-state index in [1.165, 1.54) is 0 Å². The van der Waals surface area contributed by atoms with Crippen molar-refractivity contribution in [1.29, 1.82) is 0 Å². The number of phenols is 1. The largest absolute Gasteiger partial charge is 0.508 e. The zero-order valence-electron chi connectivity index (χ0n) is 11.8. The molecule has 2 aliphatic heterocycles. The predicted octanol–water partition coefficient (Wildman–Crippen LogP) is 1.68. The first-order valence-corrected chi connectivity index (χ1v) is 7.52. The smallest absolute Gasteiger partial charge is 0.240 e. The molecule has 0 spiro atoms. The zero-order valence-corrected chi connectivity index (χ0v) is 11.8. The Balaban J connectivity index is 1.53. The fourth-order valence-corrected chi connectivity index (χ4v) is 3.62. The minimum atomic E-state index is -0.199. The number of fused-ring (bicyclic) bond motifs is 1. The number of rotatable bonds is 4. The highest BCUT2D eigenvalue weighted by atomic mass is 16.3. The maximum atomic E-state index is 12.5. The molecule has 1 aromatic rings. The van der Waals surface area contributed by atoms with Crippen molar-refractivity contribution in [3.05, 3.63) is 29.8 Å². The number of nitrogens with one attached hydrogen (secondary N) is 1. The number of aromatic hydroxyl groups is 1. The lowest BCUT2D eigenvalue weighted by Gasteiger charge is -2.30. The van der Waals surface area contributed by atoms with Gasteiger partial charge in [-0.15, -0.1) is 0 Å². The Bertz CT molecular complexity index is 474. The van der Waals surface area contributed by atoms with E-state index in [0.717, 1.165) is 50.8 Å². The lowest BCUT2D eigenvalue weighted by molar-refractivity contribution is -0.130. The summed E-state index contributed by atoms with van der Waals surface area (Å²) < 4.78 is 0. The van der Waals surface area contributed by atoms with E-state index in [1.54, 1.807) is 12.1 Å². The van der Waals surface area contributed by atoms with E-state index in [9.17, 15) is 9.90 Å². The third-order valence-corrected chi connectivity index (χ3v) is 4.70. The molecule has 0 atom stereocenters. The van der Waals surface area contributed by atoms with Crippen molar-refractivity contribution in [2.24, 2.45) is 0 Å². The number of hydrogen-bond acceptors (Lipinski definition) is 3. The second kappa shape index (κ2) is 5.44. The van der Waals surface area contributed by atoms with Gasteiger partial charge in [-0.2, -0.15) is 0 Å². The van der Waals surface area contributed by atoms with Gasteiger partial charge in [0.05, 0.1) is 0 Å². The first-order chi connectivity index (χ1) is 9.71. The van der Waals surface area contributed by atoms with Crippen molar-refractivity contribution >= 4 is 5.91 Å². The van der Waals surface area contributed by atoms with Gasteiger partial charge in [0.1, 0.15) is 11.3 Å². The number of carbonyl (C=O) groups excluding carboxylic acids is 1. The van der Waals surface area contributed by atoms with Gasteiger partial charge in [-0.25, -0.2) is 0 Å². The maximum Gasteiger partial charge on any atom is 0.240 e. The lowest BCUT2D eigenvalue weighted by atomic mass is 9.93. The number of hydrogen-bond donors (Lipinski definition) is 2. The van der Waals surface area contributed by atoms with Crippen molar-refractivity contribution in [3.63, 3.8) is 0 Å². The summed E-state index contributed by atoms with van der Waals surface area (Å²) in [6, 6.07) is 7.17. The Hall–Kier alpha value is -1.55. The van der Waals surface area contributed by atoms with Gasteiger partial charge in [-0.05, 0) is 62.9 Å². The highest BCUT2D eigenvalue weighted by Gasteiger charge is 2.49. The molecule has 0 unspecified atom stereocenters. The fraction of sp³-hybridized carbons (Fsp3) is 0.562. The molecule has 2 N–H and O–H groups in total. The summed E-state index contributed by atoms with van der Waals surface area (Å²) in [7, 11) is 0. The van der Waals surface area contributed by atoms with Crippen LogP contribution in [0.15, 0.2) is 24.3 Å². The summed E-state index contributed by atoms with van der Waals surface area (Å²) in [5.41, 5.74) is 0.935. The molecular formula is C16H22N2O2. The molecule has 0 saturated carbocycles. The first kappa shape index (κ1) is 13.4. The van der Waals surface area contributed by atoms with Crippen molar-refractivity contribution < 1.29 is 9.90 Å². The molecule has 3 rings (SSSR count). The van der Waals surface area contributed by atoms with Gasteiger partial charge in [-0.1, -0.05) is 12.1 Å². The van der Waals surface area contributed by atoms with Crippen LogP contribution in [-0.2, 0) is 11.2 Å². The molecule has 4 nitrogen and oxygen atoms in total. The third-order valence-electron chi connectivity index (χ3n) is 4.70. The molecule has 1 amide bonds. The molecule has 0 radical (unpaired) electrons. The van der Waals surface area contributed by atoms with Crippen molar-refractivity contribution in [2.75, 3.05) is 19.6 Å². The third kappa shape index (κ3) is 2.40. The van der Waals surface area contributed by atoms with Crippen LogP contribution in [-0.4, -0.2) is 41.1 Å². The molecule has 2 aliphatic rings. The van der Waals surface area contributed by atoms with Gasteiger partial charge in [0.15, 0.2) is 0 Å². The topological polar surface area (TPSA) is 52.6 Å².